The average molecular weight is 1250 g/mol. The van der Waals surface area contributed by atoms with Gasteiger partial charge in [0.05, 0.1) is 31.7 Å². The minimum atomic E-state index is -1.97. The highest BCUT2D eigenvalue weighted by Crippen LogP contribution is 2.23. The zero-order valence-corrected chi connectivity index (χ0v) is 49.7. The lowest BCUT2D eigenvalue weighted by Gasteiger charge is -2.29. The molecule has 1 aliphatic heterocycles. The standard InChI is InChI=1S/C53H73N17O15S2/c1-24(2)42-51(82)64-33(10-11-39(55)71)47(78)67-37(15-41(73)74)50(81)65-34(12-27-16-58-32-9-7-6-8-30(27)32)46(77)59-19-40(72)63-35(13-28-17-56-22-60-28)49(80)66-36(14-29-18-57-23-61-29)48(79)62-26(5)44(75)68-38(53(84)85)21-87-86-20-31(54)45(76)69-43(25(3)4)52(83)70-42/h6-9,16-18,22-26,31,33-38,42-43,58H,10-15,19-21,54H2,1-5H3,(H2,55,71)(H,56,60)(H,57,61)(H,59,77)(H,62,79)(H,63,72)(H,64,82)(H,65,81)(H,66,80)(H,67,78)(H,68,75)(H,69,76)(H,70,83)(H,73,74)(H,84,85)/t26-,31-,33-,34-,35-,36-,37-,38-,42-,43-/m0/s1. The number of carboxylic acids is 2. The highest BCUT2D eigenvalue weighted by Gasteiger charge is 2.37. The second-order valence-corrected chi connectivity index (χ2v) is 23.6. The molecule has 32 nitrogen and oxygen atoms in total. The van der Waals surface area contributed by atoms with Crippen molar-refractivity contribution in [3.05, 3.63) is 72.5 Å². The number of carbonyl (C=O) groups excluding carboxylic acids is 11. The molecule has 0 bridgehead atoms. The van der Waals surface area contributed by atoms with E-state index in [1.165, 1.54) is 32.0 Å². The molecule has 3 aromatic heterocycles. The van der Waals surface area contributed by atoms with Gasteiger partial charge < -0.3 is 89.8 Å². The van der Waals surface area contributed by atoms with Crippen LogP contribution in [-0.4, -0.2) is 191 Å². The molecule has 5 rings (SSSR count). The predicted molar refractivity (Wildman–Crippen MR) is 314 cm³/mol. The summed E-state index contributed by atoms with van der Waals surface area (Å²) < 4.78 is 0. The van der Waals surface area contributed by atoms with E-state index in [2.05, 4.69) is 78.1 Å². The van der Waals surface area contributed by atoms with E-state index in [4.69, 9.17) is 11.5 Å². The first-order valence-corrected chi connectivity index (χ1v) is 29.9. The number of hydrogen-bond donors (Lipinski definition) is 17. The molecule has 1 aliphatic rings. The van der Waals surface area contributed by atoms with E-state index in [0.29, 0.717) is 27.9 Å². The summed E-state index contributed by atoms with van der Waals surface area (Å²) in [5.74, 6) is -15.5. The SMILES string of the molecule is CC(C)[C@@H]1NC(=O)[C@H](C(C)C)NC(=O)[C@@H](N)CSSC[C@@H](C(=O)O)NC(=O)[C@H](C)NC(=O)[C@H](Cc2cnc[nH]2)NC(=O)[C@H](Cc2cnc[nH]2)NC(=O)CNC(=O)[C@H](Cc2c[nH]c3ccccc23)NC(=O)[C@H](CC(=O)O)NC(=O)[C@H](CCC(N)=O)NC1=O. The van der Waals surface area contributed by atoms with Gasteiger partial charge in [-0.15, -0.1) is 0 Å². The van der Waals surface area contributed by atoms with E-state index in [1.54, 1.807) is 58.2 Å². The summed E-state index contributed by atoms with van der Waals surface area (Å²) in [5, 5.41) is 45.4. The Hall–Kier alpha value is -9.05. The zero-order valence-electron chi connectivity index (χ0n) is 48.1. The Kier molecular flexibility index (Phi) is 26.1. The summed E-state index contributed by atoms with van der Waals surface area (Å²) in [5.41, 5.74) is 13.4. The van der Waals surface area contributed by atoms with Crippen molar-refractivity contribution in [2.24, 2.45) is 23.3 Å². The van der Waals surface area contributed by atoms with Gasteiger partial charge in [0.25, 0.3) is 0 Å². The van der Waals surface area contributed by atoms with Gasteiger partial charge >= 0.3 is 11.9 Å². The van der Waals surface area contributed by atoms with E-state index in [1.807, 2.05) is 0 Å². The Morgan fingerprint density at radius 1 is 0.598 bits per heavy atom. The number of carboxylic acid groups (broad SMARTS) is 2. The minimum absolute atomic E-state index is 0.132. The van der Waals surface area contributed by atoms with Crippen LogP contribution in [0.15, 0.2) is 55.5 Å². The van der Waals surface area contributed by atoms with Crippen LogP contribution in [-0.2, 0) is 81.6 Å². The van der Waals surface area contributed by atoms with E-state index >= 15 is 0 Å². The molecule has 0 aliphatic carbocycles. The summed E-state index contributed by atoms with van der Waals surface area (Å²) in [6, 6.07) is -8.33. The third-order valence-corrected chi connectivity index (χ3v) is 15.9. The number of carbonyl (C=O) groups is 13. The first kappa shape index (κ1) is 68.7. The molecule has 1 saturated heterocycles. The molecule has 19 N–H and O–H groups in total. The predicted octanol–water partition coefficient (Wildman–Crippen LogP) is -4.00. The highest BCUT2D eigenvalue weighted by atomic mass is 33.1. The summed E-state index contributed by atoms with van der Waals surface area (Å²) in [4.78, 5) is 193. The van der Waals surface area contributed by atoms with E-state index in [0.717, 1.165) is 21.6 Å². The number of primary amides is 1. The van der Waals surface area contributed by atoms with Crippen LogP contribution in [0.2, 0.25) is 0 Å². The second-order valence-electron chi connectivity index (χ2n) is 21.1. The molecule has 11 amide bonds. The van der Waals surface area contributed by atoms with Crippen molar-refractivity contribution in [2.75, 3.05) is 18.1 Å². The molecule has 1 aromatic carbocycles. The van der Waals surface area contributed by atoms with Gasteiger partial charge in [-0.05, 0) is 36.8 Å². The van der Waals surface area contributed by atoms with Crippen LogP contribution in [0.1, 0.15) is 70.8 Å². The molecular formula is C53H73N17O15S2. The first-order valence-electron chi connectivity index (χ1n) is 27.4. The van der Waals surface area contributed by atoms with Crippen LogP contribution in [0.3, 0.4) is 0 Å². The van der Waals surface area contributed by atoms with Crippen LogP contribution in [0, 0.1) is 11.8 Å². The fourth-order valence-corrected chi connectivity index (χ4v) is 10.9. The number of benzene rings is 1. The maximum absolute atomic E-state index is 14.3. The lowest BCUT2D eigenvalue weighted by atomic mass is 9.98. The second kappa shape index (κ2) is 33.0. The molecule has 4 aromatic rings. The van der Waals surface area contributed by atoms with Gasteiger partial charge in [-0.25, -0.2) is 14.8 Å². The number of aliphatic carboxylic acids is 2. The summed E-state index contributed by atoms with van der Waals surface area (Å²) >= 11 is 0. The number of aromatic nitrogens is 5. The number of nitrogens with zero attached hydrogens (tertiary/aromatic N) is 2. The fraction of sp³-hybridized carbons (Fsp3) is 0.491. The maximum Gasteiger partial charge on any atom is 0.327 e. The third kappa shape index (κ3) is 21.5. The van der Waals surface area contributed by atoms with Gasteiger partial charge in [-0.2, -0.15) is 0 Å². The molecule has 0 radical (unpaired) electrons. The van der Waals surface area contributed by atoms with Gasteiger partial charge in [0.1, 0.15) is 54.4 Å². The first-order chi connectivity index (χ1) is 41.2. The molecule has 1 fully saturated rings. The van der Waals surface area contributed by atoms with Crippen LogP contribution in [0.5, 0.6) is 0 Å². The van der Waals surface area contributed by atoms with Crippen molar-refractivity contribution in [2.45, 2.75) is 134 Å². The van der Waals surface area contributed by atoms with Gasteiger partial charge in [0.2, 0.25) is 65.0 Å². The number of hydrogen-bond acceptors (Lipinski definition) is 18. The number of nitrogens with one attached hydrogen (secondary N) is 13. The monoisotopic (exact) mass is 1250 g/mol. The summed E-state index contributed by atoms with van der Waals surface area (Å²) in [7, 11) is 1.90. The molecule has 0 spiro atoms. The molecule has 87 heavy (non-hydrogen) atoms. The largest absolute Gasteiger partial charge is 0.481 e. The number of imidazole rings is 2. The number of para-hydroxylation sites is 1. The summed E-state index contributed by atoms with van der Waals surface area (Å²) in [6.45, 7) is 6.71. The normalized spacial score (nSPS) is 24.7. The number of aromatic amines is 3. The van der Waals surface area contributed by atoms with Crippen molar-refractivity contribution < 1.29 is 72.5 Å². The average Bonchev–Trinajstić information content (AvgIpc) is 2.40. The lowest BCUT2D eigenvalue weighted by molar-refractivity contribution is -0.142. The molecule has 34 heteroatoms. The minimum Gasteiger partial charge on any atom is -0.481 e. The van der Waals surface area contributed by atoms with Crippen LogP contribution in [0.25, 0.3) is 10.9 Å². The van der Waals surface area contributed by atoms with Gasteiger partial charge in [-0.1, -0.05) is 67.5 Å². The van der Waals surface area contributed by atoms with Gasteiger partial charge in [-0.3, -0.25) is 57.5 Å². The van der Waals surface area contributed by atoms with Crippen molar-refractivity contribution in [1.82, 2.24) is 78.1 Å². The van der Waals surface area contributed by atoms with Crippen LogP contribution >= 0.6 is 21.6 Å². The Morgan fingerprint density at radius 3 is 1.69 bits per heavy atom. The number of rotatable bonds is 14. The third-order valence-electron chi connectivity index (χ3n) is 13.5. The Balaban J connectivity index is 1.50. The Bertz CT molecular complexity index is 3110. The zero-order chi connectivity index (χ0) is 64.1. The van der Waals surface area contributed by atoms with Crippen molar-refractivity contribution in [3.63, 3.8) is 0 Å². The number of fused-ring (bicyclic) bond motifs is 1. The van der Waals surface area contributed by atoms with E-state index < -0.39 is 175 Å². The number of amides is 11. The van der Waals surface area contributed by atoms with E-state index in [9.17, 15) is 72.5 Å². The van der Waals surface area contributed by atoms with Crippen molar-refractivity contribution >= 4 is 109 Å². The van der Waals surface area contributed by atoms with Crippen LogP contribution < -0.4 is 64.6 Å². The van der Waals surface area contributed by atoms with Crippen molar-refractivity contribution in [1.29, 1.82) is 0 Å². The molecule has 0 unspecified atom stereocenters. The molecule has 472 valence electrons. The molecule has 10 atom stereocenters. The molecule has 4 heterocycles. The van der Waals surface area contributed by atoms with Gasteiger partial charge in [0, 0.05) is 78.1 Å². The summed E-state index contributed by atoms with van der Waals surface area (Å²) in [6.07, 6.45) is 4.01. The Labute approximate surface area is 505 Å². The maximum atomic E-state index is 14.3. The quantitative estimate of drug-likeness (QED) is 0.0535. The van der Waals surface area contributed by atoms with E-state index in [-0.39, 0.29) is 30.8 Å². The smallest absolute Gasteiger partial charge is 0.327 e. The molecular weight excluding hydrogens is 1180 g/mol. The Morgan fingerprint density at radius 2 is 1.11 bits per heavy atom. The van der Waals surface area contributed by atoms with Crippen LogP contribution in [0.4, 0.5) is 0 Å². The fourth-order valence-electron chi connectivity index (χ4n) is 8.67. The molecule has 0 saturated carbocycles. The van der Waals surface area contributed by atoms with Crippen molar-refractivity contribution in [3.8, 4) is 0 Å². The van der Waals surface area contributed by atoms with Gasteiger partial charge in [0.15, 0.2) is 0 Å². The number of H-pyrrole nitrogens is 3. The number of nitrogens with two attached hydrogens (primary N) is 2. The highest BCUT2D eigenvalue weighted by molar-refractivity contribution is 8.76. The lowest BCUT2D eigenvalue weighted by Crippen LogP contribution is -2.61. The topological polar surface area (TPSA) is 508 Å².